The van der Waals surface area contributed by atoms with Crippen LogP contribution in [-0.2, 0) is 0 Å². The fourth-order valence-corrected chi connectivity index (χ4v) is 6.24. The molecule has 0 aromatic carbocycles. The summed E-state index contributed by atoms with van der Waals surface area (Å²) in [6.07, 6.45) is 10.8. The van der Waals surface area contributed by atoms with Crippen LogP contribution in [-0.4, -0.2) is 22.9 Å². The smallest absolute Gasteiger partial charge is 0.0596 e. The summed E-state index contributed by atoms with van der Waals surface area (Å²) in [5.41, 5.74) is 0.650. The van der Waals surface area contributed by atoms with E-state index in [-0.39, 0.29) is 18.1 Å². The van der Waals surface area contributed by atoms with Gasteiger partial charge in [0.05, 0.1) is 6.10 Å². The van der Waals surface area contributed by atoms with Crippen molar-refractivity contribution in [3.63, 3.8) is 0 Å². The van der Waals surface area contributed by atoms with Gasteiger partial charge in [0.15, 0.2) is 0 Å². The number of rotatable bonds is 3. The third-order valence-electron chi connectivity index (χ3n) is 7.47. The minimum absolute atomic E-state index is 0.0512. The van der Waals surface area contributed by atoms with E-state index in [2.05, 4.69) is 13.8 Å². The summed E-state index contributed by atoms with van der Waals surface area (Å²) < 4.78 is 0. The van der Waals surface area contributed by atoms with E-state index in [1.807, 2.05) is 0 Å². The van der Waals surface area contributed by atoms with Crippen LogP contribution < -0.4 is 0 Å². The molecule has 0 heterocycles. The van der Waals surface area contributed by atoms with Gasteiger partial charge in [0, 0.05) is 6.61 Å². The van der Waals surface area contributed by atoms with Crippen molar-refractivity contribution in [1.82, 2.24) is 0 Å². The maximum atomic E-state index is 10.6. The van der Waals surface area contributed by atoms with Gasteiger partial charge in [-0.3, -0.25) is 0 Å². The molecule has 2 nitrogen and oxygen atoms in total. The van der Waals surface area contributed by atoms with E-state index in [0.29, 0.717) is 11.3 Å². The van der Waals surface area contributed by atoms with Gasteiger partial charge in [0.2, 0.25) is 0 Å². The second kappa shape index (κ2) is 5.28. The zero-order chi connectivity index (χ0) is 14.4. The highest BCUT2D eigenvalue weighted by Gasteiger charge is 2.56. The molecule has 0 spiro atoms. The Bertz CT molecular complexity index is 355. The highest BCUT2D eigenvalue weighted by molar-refractivity contribution is 5.06. The van der Waals surface area contributed by atoms with Gasteiger partial charge in [-0.25, -0.2) is 0 Å². The van der Waals surface area contributed by atoms with Gasteiger partial charge in [-0.2, -0.15) is 0 Å². The first kappa shape index (κ1) is 14.8. The van der Waals surface area contributed by atoms with E-state index in [0.717, 1.165) is 31.1 Å². The Morgan fingerprint density at radius 3 is 2.55 bits per heavy atom. The molecule has 0 radical (unpaired) electrons. The van der Waals surface area contributed by atoms with Crippen molar-refractivity contribution in [3.05, 3.63) is 0 Å². The van der Waals surface area contributed by atoms with Gasteiger partial charge in [-0.1, -0.05) is 20.3 Å². The van der Waals surface area contributed by atoms with Crippen molar-refractivity contribution in [1.29, 1.82) is 0 Å². The first-order chi connectivity index (χ1) is 9.51. The zero-order valence-electron chi connectivity index (χ0n) is 13.3. The average Bonchev–Trinajstić information content (AvgIpc) is 2.82. The Morgan fingerprint density at radius 2 is 1.80 bits per heavy atom. The topological polar surface area (TPSA) is 40.5 Å². The summed E-state index contributed by atoms with van der Waals surface area (Å²) >= 11 is 0. The van der Waals surface area contributed by atoms with Crippen molar-refractivity contribution in [2.75, 3.05) is 6.61 Å². The fourth-order valence-electron chi connectivity index (χ4n) is 6.24. The number of aliphatic hydroxyl groups is 2. The highest BCUT2D eigenvalue weighted by Crippen LogP contribution is 2.63. The lowest BCUT2D eigenvalue weighted by molar-refractivity contribution is -0.125. The quantitative estimate of drug-likeness (QED) is 0.826. The summed E-state index contributed by atoms with van der Waals surface area (Å²) in [5, 5.41) is 19.8. The van der Waals surface area contributed by atoms with Crippen molar-refractivity contribution < 1.29 is 10.2 Å². The molecule has 3 fully saturated rings. The number of aliphatic hydroxyl groups excluding tert-OH is 2. The van der Waals surface area contributed by atoms with E-state index in [1.165, 1.54) is 38.5 Å². The lowest BCUT2D eigenvalue weighted by Gasteiger charge is -2.57. The van der Waals surface area contributed by atoms with Crippen LogP contribution in [0.4, 0.5) is 0 Å². The third kappa shape index (κ3) is 2.14. The first-order valence-corrected chi connectivity index (χ1v) is 8.80. The standard InChI is InChI=1S/C18H32O2/c1-17-9-3-5-14(17)13-6-7-16(20)18(2,10-4-12-19)15(13)8-11-17/h13-16,19-20H,3-12H2,1-2H3. The molecule has 20 heavy (non-hydrogen) atoms. The summed E-state index contributed by atoms with van der Waals surface area (Å²) in [6, 6.07) is 0. The van der Waals surface area contributed by atoms with Crippen LogP contribution in [0.25, 0.3) is 0 Å². The molecule has 3 saturated carbocycles. The normalized spacial score (nSPS) is 51.6. The Morgan fingerprint density at radius 1 is 1.00 bits per heavy atom. The van der Waals surface area contributed by atoms with Crippen LogP contribution >= 0.6 is 0 Å². The van der Waals surface area contributed by atoms with Crippen LogP contribution in [0.15, 0.2) is 0 Å². The average molecular weight is 280 g/mol. The lowest BCUT2D eigenvalue weighted by Crippen LogP contribution is -2.53. The first-order valence-electron chi connectivity index (χ1n) is 8.80. The molecule has 3 aliphatic rings. The zero-order valence-corrected chi connectivity index (χ0v) is 13.3. The molecule has 3 rings (SSSR count). The monoisotopic (exact) mass is 280 g/mol. The van der Waals surface area contributed by atoms with Crippen LogP contribution in [0.1, 0.15) is 71.6 Å². The van der Waals surface area contributed by atoms with Crippen LogP contribution in [0, 0.1) is 28.6 Å². The van der Waals surface area contributed by atoms with Gasteiger partial charge in [-0.15, -0.1) is 0 Å². The predicted octanol–water partition coefficient (Wildman–Crippen LogP) is 3.75. The number of hydrogen-bond acceptors (Lipinski definition) is 2. The van der Waals surface area contributed by atoms with E-state index in [9.17, 15) is 10.2 Å². The van der Waals surface area contributed by atoms with E-state index in [4.69, 9.17) is 0 Å². The molecule has 2 heteroatoms. The molecule has 6 unspecified atom stereocenters. The second-order valence-corrected chi connectivity index (χ2v) is 8.39. The van der Waals surface area contributed by atoms with Crippen molar-refractivity contribution >= 4 is 0 Å². The van der Waals surface area contributed by atoms with E-state index >= 15 is 0 Å². The predicted molar refractivity (Wildman–Crippen MR) is 81.3 cm³/mol. The minimum atomic E-state index is -0.152. The van der Waals surface area contributed by atoms with Gasteiger partial charge < -0.3 is 10.2 Å². The molecule has 0 saturated heterocycles. The molecule has 0 amide bonds. The summed E-state index contributed by atoms with van der Waals surface area (Å²) in [4.78, 5) is 0. The molecule has 3 aliphatic carbocycles. The Balaban J connectivity index is 1.83. The van der Waals surface area contributed by atoms with Gasteiger partial charge in [0.1, 0.15) is 0 Å². The van der Waals surface area contributed by atoms with Gasteiger partial charge in [-0.05, 0) is 80.0 Å². The number of hydrogen-bond donors (Lipinski definition) is 2. The minimum Gasteiger partial charge on any atom is -0.396 e. The molecule has 6 atom stereocenters. The Kier molecular flexibility index (Phi) is 3.92. The highest BCUT2D eigenvalue weighted by atomic mass is 16.3. The molecular weight excluding hydrogens is 248 g/mol. The molecule has 0 aromatic heterocycles. The fraction of sp³-hybridized carbons (Fsp3) is 1.00. The van der Waals surface area contributed by atoms with Gasteiger partial charge >= 0.3 is 0 Å². The second-order valence-electron chi connectivity index (χ2n) is 8.39. The summed E-state index contributed by atoms with van der Waals surface area (Å²) in [6.45, 7) is 5.10. The third-order valence-corrected chi connectivity index (χ3v) is 7.47. The molecule has 116 valence electrons. The summed E-state index contributed by atoms with van der Waals surface area (Å²) in [7, 11) is 0. The Labute approximate surface area is 124 Å². The molecule has 2 N–H and O–H groups in total. The van der Waals surface area contributed by atoms with Crippen molar-refractivity contribution in [2.45, 2.75) is 77.7 Å². The maximum Gasteiger partial charge on any atom is 0.0596 e. The maximum absolute atomic E-state index is 10.6. The lowest BCUT2D eigenvalue weighted by atomic mass is 9.49. The number of fused-ring (bicyclic) bond motifs is 3. The SMILES string of the molecule is CC12CCCC1C1CCC(O)C(C)(CCCO)C1CC2. The van der Waals surface area contributed by atoms with Crippen LogP contribution in [0.3, 0.4) is 0 Å². The molecule has 0 aromatic rings. The molecular formula is C18H32O2. The molecule has 0 aliphatic heterocycles. The van der Waals surface area contributed by atoms with Crippen LogP contribution in [0.5, 0.6) is 0 Å². The van der Waals surface area contributed by atoms with E-state index in [1.54, 1.807) is 0 Å². The summed E-state index contributed by atoms with van der Waals surface area (Å²) in [5.74, 6) is 2.43. The van der Waals surface area contributed by atoms with E-state index < -0.39 is 0 Å². The van der Waals surface area contributed by atoms with Crippen molar-refractivity contribution in [3.8, 4) is 0 Å². The largest absolute Gasteiger partial charge is 0.396 e. The van der Waals surface area contributed by atoms with Gasteiger partial charge in [0.25, 0.3) is 0 Å². The Hall–Kier alpha value is -0.0800. The van der Waals surface area contributed by atoms with Crippen molar-refractivity contribution in [2.24, 2.45) is 28.6 Å². The molecule has 0 bridgehead atoms. The van der Waals surface area contributed by atoms with Crippen LogP contribution in [0.2, 0.25) is 0 Å².